The molecule has 1 heterocycles. The molecular formula is C13H16BrN3O. The SMILES string of the molecule is CN(Cc1cccc(Br)c1)Cc1cc(CN)no1. The van der Waals surface area contributed by atoms with Crippen molar-refractivity contribution >= 4 is 15.9 Å². The normalized spacial score (nSPS) is 11.1. The van der Waals surface area contributed by atoms with E-state index in [1.54, 1.807) is 0 Å². The van der Waals surface area contributed by atoms with Gasteiger partial charge in [0.2, 0.25) is 0 Å². The van der Waals surface area contributed by atoms with Gasteiger partial charge in [0.05, 0.1) is 12.2 Å². The number of halogens is 1. The topological polar surface area (TPSA) is 55.3 Å². The minimum atomic E-state index is 0.416. The molecular weight excluding hydrogens is 294 g/mol. The first kappa shape index (κ1) is 13.3. The first-order valence-electron chi connectivity index (χ1n) is 5.75. The Kier molecular flexibility index (Phi) is 4.52. The smallest absolute Gasteiger partial charge is 0.151 e. The van der Waals surface area contributed by atoms with Gasteiger partial charge in [0.25, 0.3) is 0 Å². The van der Waals surface area contributed by atoms with Gasteiger partial charge in [-0.25, -0.2) is 0 Å². The Balaban J connectivity index is 1.94. The average Bonchev–Trinajstić information content (AvgIpc) is 2.76. The molecule has 5 heteroatoms. The number of hydrogen-bond acceptors (Lipinski definition) is 4. The predicted octanol–water partition coefficient (Wildman–Crippen LogP) is 2.53. The molecule has 96 valence electrons. The van der Waals surface area contributed by atoms with Crippen LogP contribution in [0.15, 0.2) is 39.3 Å². The summed E-state index contributed by atoms with van der Waals surface area (Å²) in [5.74, 6) is 0.841. The number of hydrogen-bond donors (Lipinski definition) is 1. The van der Waals surface area contributed by atoms with E-state index in [1.165, 1.54) is 5.56 Å². The van der Waals surface area contributed by atoms with E-state index in [0.717, 1.165) is 29.0 Å². The molecule has 0 saturated carbocycles. The number of rotatable bonds is 5. The summed E-state index contributed by atoms with van der Waals surface area (Å²) in [6.45, 7) is 2.00. The highest BCUT2D eigenvalue weighted by Crippen LogP contribution is 2.14. The average molecular weight is 310 g/mol. The Morgan fingerprint density at radius 2 is 2.17 bits per heavy atom. The Morgan fingerprint density at radius 1 is 1.33 bits per heavy atom. The summed E-state index contributed by atoms with van der Waals surface area (Å²) in [6, 6.07) is 10.2. The summed E-state index contributed by atoms with van der Waals surface area (Å²) in [7, 11) is 2.05. The lowest BCUT2D eigenvalue weighted by molar-refractivity contribution is 0.265. The van der Waals surface area contributed by atoms with Gasteiger partial charge >= 0.3 is 0 Å². The predicted molar refractivity (Wildman–Crippen MR) is 73.7 cm³/mol. The number of nitrogens with two attached hydrogens (primary N) is 1. The van der Waals surface area contributed by atoms with Crippen LogP contribution >= 0.6 is 15.9 Å². The van der Waals surface area contributed by atoms with Crippen molar-refractivity contribution in [3.8, 4) is 0 Å². The van der Waals surface area contributed by atoms with Gasteiger partial charge in [0.15, 0.2) is 5.76 Å². The molecule has 2 aromatic rings. The van der Waals surface area contributed by atoms with Crippen LogP contribution in [0.4, 0.5) is 0 Å². The quantitative estimate of drug-likeness (QED) is 0.922. The summed E-state index contributed by atoms with van der Waals surface area (Å²) in [5, 5.41) is 3.87. The number of benzene rings is 1. The molecule has 0 saturated heterocycles. The molecule has 0 unspecified atom stereocenters. The molecule has 1 aromatic heterocycles. The van der Waals surface area contributed by atoms with E-state index in [1.807, 2.05) is 25.2 Å². The molecule has 0 spiro atoms. The number of nitrogens with zero attached hydrogens (tertiary/aromatic N) is 2. The Labute approximate surface area is 115 Å². The molecule has 0 radical (unpaired) electrons. The van der Waals surface area contributed by atoms with Crippen molar-refractivity contribution in [3.05, 3.63) is 51.8 Å². The summed E-state index contributed by atoms with van der Waals surface area (Å²) in [6.07, 6.45) is 0. The van der Waals surface area contributed by atoms with Crippen LogP contribution in [0.5, 0.6) is 0 Å². The molecule has 0 amide bonds. The van der Waals surface area contributed by atoms with Crippen molar-refractivity contribution in [2.45, 2.75) is 19.6 Å². The van der Waals surface area contributed by atoms with Crippen LogP contribution in [-0.4, -0.2) is 17.1 Å². The van der Waals surface area contributed by atoms with Crippen LogP contribution in [0.2, 0.25) is 0 Å². The summed E-state index contributed by atoms with van der Waals surface area (Å²) >= 11 is 3.47. The Hall–Kier alpha value is -1.17. The molecule has 0 fully saturated rings. The van der Waals surface area contributed by atoms with Crippen molar-refractivity contribution in [2.24, 2.45) is 5.73 Å². The zero-order valence-electron chi connectivity index (χ0n) is 10.3. The highest BCUT2D eigenvalue weighted by Gasteiger charge is 2.07. The van der Waals surface area contributed by atoms with Crippen molar-refractivity contribution in [3.63, 3.8) is 0 Å². The maximum Gasteiger partial charge on any atom is 0.151 e. The van der Waals surface area contributed by atoms with Crippen LogP contribution in [0.1, 0.15) is 17.0 Å². The van der Waals surface area contributed by atoms with Gasteiger partial charge in [-0.05, 0) is 24.7 Å². The van der Waals surface area contributed by atoms with Gasteiger partial charge in [0, 0.05) is 23.6 Å². The third kappa shape index (κ3) is 3.66. The van der Waals surface area contributed by atoms with Crippen molar-refractivity contribution in [1.29, 1.82) is 0 Å². The van der Waals surface area contributed by atoms with E-state index in [9.17, 15) is 0 Å². The maximum atomic E-state index is 5.49. The van der Waals surface area contributed by atoms with Gasteiger partial charge in [-0.1, -0.05) is 33.2 Å². The first-order chi connectivity index (χ1) is 8.67. The van der Waals surface area contributed by atoms with Crippen LogP contribution in [0, 0.1) is 0 Å². The third-order valence-electron chi connectivity index (χ3n) is 2.58. The highest BCUT2D eigenvalue weighted by atomic mass is 79.9. The van der Waals surface area contributed by atoms with Crippen molar-refractivity contribution in [2.75, 3.05) is 7.05 Å². The second-order valence-corrected chi connectivity index (χ2v) is 5.21. The zero-order chi connectivity index (χ0) is 13.0. The van der Waals surface area contributed by atoms with E-state index >= 15 is 0 Å². The molecule has 0 bridgehead atoms. The highest BCUT2D eigenvalue weighted by molar-refractivity contribution is 9.10. The first-order valence-corrected chi connectivity index (χ1v) is 6.54. The molecule has 4 nitrogen and oxygen atoms in total. The summed E-state index contributed by atoms with van der Waals surface area (Å²) in [4.78, 5) is 2.17. The second-order valence-electron chi connectivity index (χ2n) is 4.29. The van der Waals surface area contributed by atoms with Gasteiger partial charge < -0.3 is 10.3 Å². The minimum absolute atomic E-state index is 0.416. The fourth-order valence-electron chi connectivity index (χ4n) is 1.80. The standard InChI is InChI=1S/C13H16BrN3O/c1-17(8-10-3-2-4-11(14)5-10)9-13-6-12(7-15)16-18-13/h2-6H,7-9,15H2,1H3. The lowest BCUT2D eigenvalue weighted by atomic mass is 10.2. The van der Waals surface area contributed by atoms with Crippen molar-refractivity contribution in [1.82, 2.24) is 10.1 Å². The molecule has 1 aromatic carbocycles. The molecule has 18 heavy (non-hydrogen) atoms. The van der Waals surface area contributed by atoms with E-state index in [2.05, 4.69) is 38.1 Å². The molecule has 2 N–H and O–H groups in total. The lowest BCUT2D eigenvalue weighted by Crippen LogP contribution is -2.16. The van der Waals surface area contributed by atoms with Gasteiger partial charge in [-0.3, -0.25) is 4.90 Å². The number of aromatic nitrogens is 1. The zero-order valence-corrected chi connectivity index (χ0v) is 11.9. The largest absolute Gasteiger partial charge is 0.360 e. The fraction of sp³-hybridized carbons (Fsp3) is 0.308. The van der Waals surface area contributed by atoms with Crippen molar-refractivity contribution < 1.29 is 4.52 Å². The summed E-state index contributed by atoms with van der Waals surface area (Å²) < 4.78 is 6.30. The van der Waals surface area contributed by atoms with Crippen LogP contribution in [0.25, 0.3) is 0 Å². The lowest BCUT2D eigenvalue weighted by Gasteiger charge is -2.14. The van der Waals surface area contributed by atoms with E-state index in [4.69, 9.17) is 10.3 Å². The Bertz CT molecular complexity index is 512. The molecule has 0 aliphatic carbocycles. The van der Waals surface area contributed by atoms with Crippen LogP contribution in [0.3, 0.4) is 0 Å². The van der Waals surface area contributed by atoms with Gasteiger partial charge in [-0.15, -0.1) is 0 Å². The third-order valence-corrected chi connectivity index (χ3v) is 3.08. The van der Waals surface area contributed by atoms with Crippen LogP contribution < -0.4 is 5.73 Å². The van der Waals surface area contributed by atoms with E-state index < -0.39 is 0 Å². The van der Waals surface area contributed by atoms with Gasteiger partial charge in [0.1, 0.15) is 0 Å². The monoisotopic (exact) mass is 309 g/mol. The fourth-order valence-corrected chi connectivity index (χ4v) is 2.24. The summed E-state index contributed by atoms with van der Waals surface area (Å²) in [5.41, 5.74) is 7.54. The molecule has 0 atom stereocenters. The minimum Gasteiger partial charge on any atom is -0.360 e. The molecule has 0 aliphatic rings. The van der Waals surface area contributed by atoms with Crippen LogP contribution in [-0.2, 0) is 19.6 Å². The van der Waals surface area contributed by atoms with E-state index in [-0.39, 0.29) is 0 Å². The Morgan fingerprint density at radius 3 is 2.83 bits per heavy atom. The molecule has 2 rings (SSSR count). The van der Waals surface area contributed by atoms with Gasteiger partial charge in [-0.2, -0.15) is 0 Å². The maximum absolute atomic E-state index is 5.49. The van der Waals surface area contributed by atoms with E-state index in [0.29, 0.717) is 6.54 Å². The second kappa shape index (κ2) is 6.13. The molecule has 0 aliphatic heterocycles.